The molecule has 110 valence electrons. The Hall–Kier alpha value is -1.11. The van der Waals surface area contributed by atoms with Crippen LogP contribution in [0.3, 0.4) is 0 Å². The van der Waals surface area contributed by atoms with E-state index in [4.69, 9.17) is 10.3 Å². The lowest BCUT2D eigenvalue weighted by atomic mass is 10.0. The zero-order valence-electron chi connectivity index (χ0n) is 12.3. The van der Waals surface area contributed by atoms with Crippen LogP contribution < -0.4 is 11.3 Å². The maximum absolute atomic E-state index is 5.73. The van der Waals surface area contributed by atoms with E-state index in [0.717, 1.165) is 45.8 Å². The van der Waals surface area contributed by atoms with Gasteiger partial charge in [0.05, 0.1) is 21.9 Å². The summed E-state index contributed by atoms with van der Waals surface area (Å²) in [6, 6.07) is 2.04. The molecule has 0 saturated heterocycles. The Morgan fingerprint density at radius 2 is 2.20 bits per heavy atom. The summed E-state index contributed by atoms with van der Waals surface area (Å²) in [7, 11) is 1.96. The Morgan fingerprint density at radius 1 is 1.50 bits per heavy atom. The first-order valence-corrected chi connectivity index (χ1v) is 7.50. The fraction of sp³-hybridized carbons (Fsp3) is 0.500. The molecule has 0 spiro atoms. The fourth-order valence-electron chi connectivity index (χ4n) is 2.49. The third-order valence-corrected chi connectivity index (χ3v) is 4.47. The molecule has 1 atom stereocenters. The molecular formula is C14H21BrN4O. The lowest BCUT2D eigenvalue weighted by Crippen LogP contribution is -2.30. The second-order valence-corrected chi connectivity index (χ2v) is 5.77. The third kappa shape index (κ3) is 2.82. The van der Waals surface area contributed by atoms with Gasteiger partial charge in [-0.3, -0.25) is 16.0 Å². The highest BCUT2D eigenvalue weighted by atomic mass is 79.9. The number of nitrogens with zero attached hydrogens (tertiary/aromatic N) is 2. The van der Waals surface area contributed by atoms with Crippen molar-refractivity contribution < 1.29 is 4.42 Å². The molecule has 0 aliphatic rings. The molecule has 0 bridgehead atoms. The zero-order valence-corrected chi connectivity index (χ0v) is 13.9. The van der Waals surface area contributed by atoms with Gasteiger partial charge in [0, 0.05) is 19.0 Å². The first kappa shape index (κ1) is 15.3. The SMILES string of the molecule is CCc1nn(C)c(CC(NN)c2cc(C)oc2C)c1Br. The van der Waals surface area contributed by atoms with E-state index in [0.29, 0.717) is 0 Å². The molecule has 5 nitrogen and oxygen atoms in total. The number of aromatic nitrogens is 2. The largest absolute Gasteiger partial charge is 0.466 e. The summed E-state index contributed by atoms with van der Waals surface area (Å²) in [5.74, 6) is 7.54. The van der Waals surface area contributed by atoms with E-state index < -0.39 is 0 Å². The predicted molar refractivity (Wildman–Crippen MR) is 82.2 cm³/mol. The van der Waals surface area contributed by atoms with E-state index in [-0.39, 0.29) is 6.04 Å². The normalized spacial score (nSPS) is 12.9. The summed E-state index contributed by atoms with van der Waals surface area (Å²) in [6.07, 6.45) is 1.65. The van der Waals surface area contributed by atoms with Crippen molar-refractivity contribution in [1.82, 2.24) is 15.2 Å². The lowest BCUT2D eigenvalue weighted by Gasteiger charge is -2.15. The minimum Gasteiger partial charge on any atom is -0.466 e. The zero-order chi connectivity index (χ0) is 14.9. The van der Waals surface area contributed by atoms with Crippen molar-refractivity contribution in [2.75, 3.05) is 0 Å². The Labute approximate surface area is 127 Å². The van der Waals surface area contributed by atoms with E-state index in [1.54, 1.807) is 0 Å². The van der Waals surface area contributed by atoms with Crippen LogP contribution in [-0.4, -0.2) is 9.78 Å². The number of furan rings is 1. The van der Waals surface area contributed by atoms with E-state index >= 15 is 0 Å². The number of hydrogen-bond donors (Lipinski definition) is 2. The molecule has 2 aromatic rings. The molecule has 0 aromatic carbocycles. The number of hydrazine groups is 1. The second kappa shape index (κ2) is 6.11. The van der Waals surface area contributed by atoms with Crippen molar-refractivity contribution in [3.63, 3.8) is 0 Å². The molecule has 2 aromatic heterocycles. The van der Waals surface area contributed by atoms with Gasteiger partial charge >= 0.3 is 0 Å². The summed E-state index contributed by atoms with van der Waals surface area (Å²) >= 11 is 3.64. The molecule has 0 saturated carbocycles. The Morgan fingerprint density at radius 3 is 2.65 bits per heavy atom. The number of aryl methyl sites for hydroxylation is 4. The topological polar surface area (TPSA) is 69.0 Å². The predicted octanol–water partition coefficient (Wildman–Crippen LogP) is 2.70. The quantitative estimate of drug-likeness (QED) is 0.648. The van der Waals surface area contributed by atoms with Crippen LogP contribution in [0, 0.1) is 13.8 Å². The van der Waals surface area contributed by atoms with E-state index in [9.17, 15) is 0 Å². The van der Waals surface area contributed by atoms with Gasteiger partial charge < -0.3 is 4.42 Å². The molecule has 0 radical (unpaired) electrons. The number of halogens is 1. The lowest BCUT2D eigenvalue weighted by molar-refractivity contribution is 0.480. The minimum absolute atomic E-state index is 0.00357. The van der Waals surface area contributed by atoms with Crippen LogP contribution in [0.15, 0.2) is 15.0 Å². The summed E-state index contributed by atoms with van der Waals surface area (Å²) < 4.78 is 8.57. The Bertz CT molecular complexity index is 603. The summed E-state index contributed by atoms with van der Waals surface area (Å²) in [4.78, 5) is 0. The molecule has 3 N–H and O–H groups in total. The van der Waals surface area contributed by atoms with Crippen LogP contribution in [0.5, 0.6) is 0 Å². The highest BCUT2D eigenvalue weighted by Gasteiger charge is 2.21. The van der Waals surface area contributed by atoms with Crippen LogP contribution in [0.2, 0.25) is 0 Å². The number of hydrogen-bond acceptors (Lipinski definition) is 4. The van der Waals surface area contributed by atoms with Crippen molar-refractivity contribution in [2.24, 2.45) is 12.9 Å². The van der Waals surface area contributed by atoms with Crippen LogP contribution in [0.25, 0.3) is 0 Å². The molecule has 0 aliphatic carbocycles. The van der Waals surface area contributed by atoms with Gasteiger partial charge in [0.25, 0.3) is 0 Å². The Kier molecular flexibility index (Phi) is 4.67. The van der Waals surface area contributed by atoms with Crippen LogP contribution in [-0.2, 0) is 19.9 Å². The van der Waals surface area contributed by atoms with Gasteiger partial charge in [-0.15, -0.1) is 0 Å². The van der Waals surface area contributed by atoms with Gasteiger partial charge in [-0.05, 0) is 42.3 Å². The second-order valence-electron chi connectivity index (χ2n) is 4.98. The van der Waals surface area contributed by atoms with Crippen molar-refractivity contribution in [3.05, 3.63) is 39.0 Å². The maximum atomic E-state index is 5.73. The van der Waals surface area contributed by atoms with Crippen molar-refractivity contribution in [2.45, 2.75) is 39.7 Å². The number of nitrogens with two attached hydrogens (primary N) is 1. The van der Waals surface area contributed by atoms with Gasteiger partial charge in [0.2, 0.25) is 0 Å². The first-order valence-electron chi connectivity index (χ1n) is 6.71. The molecule has 20 heavy (non-hydrogen) atoms. The van der Waals surface area contributed by atoms with Gasteiger partial charge in [-0.1, -0.05) is 6.92 Å². The maximum Gasteiger partial charge on any atom is 0.105 e. The van der Waals surface area contributed by atoms with Gasteiger partial charge in [-0.2, -0.15) is 5.10 Å². The monoisotopic (exact) mass is 340 g/mol. The smallest absolute Gasteiger partial charge is 0.105 e. The van der Waals surface area contributed by atoms with Crippen LogP contribution >= 0.6 is 15.9 Å². The Balaban J connectivity index is 2.31. The first-order chi connectivity index (χ1) is 9.47. The molecule has 2 rings (SSSR count). The third-order valence-electron chi connectivity index (χ3n) is 3.56. The highest BCUT2D eigenvalue weighted by molar-refractivity contribution is 9.10. The molecule has 6 heteroatoms. The molecular weight excluding hydrogens is 320 g/mol. The van der Waals surface area contributed by atoms with Gasteiger partial charge in [-0.25, -0.2) is 0 Å². The van der Waals surface area contributed by atoms with Crippen molar-refractivity contribution >= 4 is 15.9 Å². The van der Waals surface area contributed by atoms with E-state index in [1.165, 1.54) is 0 Å². The molecule has 0 amide bonds. The van der Waals surface area contributed by atoms with Crippen LogP contribution in [0.1, 0.15) is 41.4 Å². The van der Waals surface area contributed by atoms with Gasteiger partial charge in [0.1, 0.15) is 11.5 Å². The summed E-state index contributed by atoms with van der Waals surface area (Å²) in [5.41, 5.74) is 6.17. The standard InChI is InChI=1S/C14H21BrN4O/c1-5-11-14(15)13(19(4)18-11)7-12(17-16)10-6-8(2)20-9(10)3/h6,12,17H,5,7,16H2,1-4H3. The van der Waals surface area contributed by atoms with Crippen LogP contribution in [0.4, 0.5) is 0 Å². The van der Waals surface area contributed by atoms with E-state index in [2.05, 4.69) is 33.4 Å². The summed E-state index contributed by atoms with van der Waals surface area (Å²) in [5, 5.41) is 4.52. The molecule has 1 unspecified atom stereocenters. The number of rotatable bonds is 5. The summed E-state index contributed by atoms with van der Waals surface area (Å²) in [6.45, 7) is 6.00. The minimum atomic E-state index is 0.00357. The molecule has 2 heterocycles. The number of nitrogens with one attached hydrogen (secondary N) is 1. The fourth-order valence-corrected chi connectivity index (χ4v) is 3.27. The molecule has 0 fully saturated rings. The van der Waals surface area contributed by atoms with Crippen molar-refractivity contribution in [3.8, 4) is 0 Å². The average molecular weight is 341 g/mol. The average Bonchev–Trinajstić information content (AvgIpc) is 2.87. The van der Waals surface area contributed by atoms with E-state index in [1.807, 2.05) is 31.6 Å². The highest BCUT2D eigenvalue weighted by Crippen LogP contribution is 2.28. The van der Waals surface area contributed by atoms with Crippen molar-refractivity contribution in [1.29, 1.82) is 0 Å². The van der Waals surface area contributed by atoms with Gasteiger partial charge in [0.15, 0.2) is 0 Å². The molecule has 0 aliphatic heterocycles.